The van der Waals surface area contributed by atoms with E-state index in [2.05, 4.69) is 24.1 Å². The molecule has 0 saturated carbocycles. The monoisotopic (exact) mass is 298 g/mol. The Morgan fingerprint density at radius 1 is 1.29 bits per heavy atom. The van der Waals surface area contributed by atoms with E-state index in [1.807, 2.05) is 13.8 Å². The van der Waals surface area contributed by atoms with Crippen LogP contribution in [0.4, 0.5) is 0 Å². The summed E-state index contributed by atoms with van der Waals surface area (Å²) in [6.45, 7) is 9.93. The Morgan fingerprint density at radius 2 is 1.95 bits per heavy atom. The molecule has 1 fully saturated rings. The maximum Gasteiger partial charge on any atom is 0.305 e. The lowest BCUT2D eigenvalue weighted by atomic mass is 9.90. The lowest BCUT2D eigenvalue weighted by Gasteiger charge is -2.41. The van der Waals surface area contributed by atoms with Crippen LogP contribution in [0.2, 0.25) is 0 Å². The third-order valence-electron chi connectivity index (χ3n) is 4.33. The normalized spacial score (nSPS) is 24.7. The van der Waals surface area contributed by atoms with Crippen molar-refractivity contribution < 1.29 is 14.3 Å². The number of likely N-dealkylation sites (tertiary alicyclic amines) is 1. The Bertz CT molecular complexity index is 357. The van der Waals surface area contributed by atoms with E-state index >= 15 is 0 Å². The first kappa shape index (κ1) is 18.0. The first-order valence-corrected chi connectivity index (χ1v) is 7.98. The number of hydrogen-bond acceptors (Lipinski definition) is 4. The van der Waals surface area contributed by atoms with Crippen molar-refractivity contribution in [3.8, 4) is 0 Å². The van der Waals surface area contributed by atoms with Gasteiger partial charge in [-0.05, 0) is 25.7 Å². The van der Waals surface area contributed by atoms with Gasteiger partial charge >= 0.3 is 5.97 Å². The van der Waals surface area contributed by atoms with Gasteiger partial charge in [-0.25, -0.2) is 0 Å². The van der Waals surface area contributed by atoms with Gasteiger partial charge in [0.25, 0.3) is 0 Å². The zero-order chi connectivity index (χ0) is 16.0. The number of carbonyl (C=O) groups is 2. The van der Waals surface area contributed by atoms with E-state index in [0.29, 0.717) is 12.5 Å². The van der Waals surface area contributed by atoms with Gasteiger partial charge in [-0.15, -0.1) is 0 Å². The van der Waals surface area contributed by atoms with E-state index in [-0.39, 0.29) is 29.8 Å². The van der Waals surface area contributed by atoms with Crippen molar-refractivity contribution in [1.82, 2.24) is 10.2 Å². The van der Waals surface area contributed by atoms with Gasteiger partial charge in [-0.2, -0.15) is 0 Å². The molecule has 0 aromatic rings. The Morgan fingerprint density at radius 3 is 2.48 bits per heavy atom. The smallest absolute Gasteiger partial charge is 0.305 e. The van der Waals surface area contributed by atoms with Crippen LogP contribution in [0.5, 0.6) is 0 Å². The summed E-state index contributed by atoms with van der Waals surface area (Å²) in [5.74, 6) is 0.156. The molecule has 1 N–H and O–H groups in total. The van der Waals surface area contributed by atoms with Crippen LogP contribution >= 0.6 is 0 Å². The van der Waals surface area contributed by atoms with E-state index < -0.39 is 0 Å². The molecule has 122 valence electrons. The van der Waals surface area contributed by atoms with Crippen molar-refractivity contribution in [2.45, 2.75) is 59.0 Å². The maximum atomic E-state index is 11.9. The molecule has 1 amide bonds. The lowest BCUT2D eigenvalue weighted by molar-refractivity contribution is -0.142. The summed E-state index contributed by atoms with van der Waals surface area (Å²) in [6.07, 6.45) is 2.34. The summed E-state index contributed by atoms with van der Waals surface area (Å²) in [4.78, 5) is 25.8. The van der Waals surface area contributed by atoms with Crippen LogP contribution in [-0.4, -0.2) is 49.1 Å². The van der Waals surface area contributed by atoms with Crippen molar-refractivity contribution in [3.05, 3.63) is 0 Å². The molecule has 1 saturated heterocycles. The molecule has 5 nitrogen and oxygen atoms in total. The fraction of sp³-hybridized carbons (Fsp3) is 0.875. The maximum absolute atomic E-state index is 11.9. The van der Waals surface area contributed by atoms with Gasteiger partial charge in [0.1, 0.15) is 0 Å². The summed E-state index contributed by atoms with van der Waals surface area (Å²) in [5, 5.41) is 3.12. The number of hydrogen-bond donors (Lipinski definition) is 1. The van der Waals surface area contributed by atoms with Crippen LogP contribution < -0.4 is 5.32 Å². The van der Waals surface area contributed by atoms with Gasteiger partial charge in [0.15, 0.2) is 0 Å². The van der Waals surface area contributed by atoms with E-state index in [9.17, 15) is 9.59 Å². The average Bonchev–Trinajstić information content (AvgIpc) is 2.45. The largest absolute Gasteiger partial charge is 0.469 e. The predicted octanol–water partition coefficient (Wildman–Crippen LogP) is 1.81. The van der Waals surface area contributed by atoms with Crippen LogP contribution in [-0.2, 0) is 14.3 Å². The zero-order valence-corrected chi connectivity index (χ0v) is 14.0. The predicted molar refractivity (Wildman–Crippen MR) is 82.8 cm³/mol. The van der Waals surface area contributed by atoms with E-state index in [1.165, 1.54) is 7.11 Å². The molecule has 1 heterocycles. The fourth-order valence-corrected chi connectivity index (χ4v) is 2.80. The van der Waals surface area contributed by atoms with Crippen molar-refractivity contribution in [2.75, 3.05) is 20.2 Å². The minimum absolute atomic E-state index is 0.0111. The number of methoxy groups -OCH3 is 1. The molecule has 3 unspecified atom stereocenters. The molecule has 21 heavy (non-hydrogen) atoms. The van der Waals surface area contributed by atoms with Crippen molar-refractivity contribution in [1.29, 1.82) is 0 Å². The third-order valence-corrected chi connectivity index (χ3v) is 4.33. The van der Waals surface area contributed by atoms with Crippen LogP contribution in [0.1, 0.15) is 47.0 Å². The summed E-state index contributed by atoms with van der Waals surface area (Å²) >= 11 is 0. The quantitative estimate of drug-likeness (QED) is 0.760. The molecule has 0 aliphatic carbocycles. The third kappa shape index (κ3) is 5.65. The Hall–Kier alpha value is -1.10. The SMILES string of the molecule is CCC(C)N1CC(CC(=O)OC)CC(NC(=O)C(C)C)C1. The van der Waals surface area contributed by atoms with Crippen molar-refractivity contribution in [3.63, 3.8) is 0 Å². The summed E-state index contributed by atoms with van der Waals surface area (Å²) in [5.41, 5.74) is 0. The molecule has 1 aliphatic rings. The van der Waals surface area contributed by atoms with Gasteiger partial charge < -0.3 is 10.1 Å². The molecule has 0 spiro atoms. The van der Waals surface area contributed by atoms with Gasteiger partial charge in [-0.3, -0.25) is 14.5 Å². The highest BCUT2D eigenvalue weighted by Crippen LogP contribution is 2.23. The molecule has 0 radical (unpaired) electrons. The van der Waals surface area contributed by atoms with Crippen LogP contribution in [0, 0.1) is 11.8 Å². The number of amides is 1. The minimum Gasteiger partial charge on any atom is -0.469 e. The number of piperidine rings is 1. The summed E-state index contributed by atoms with van der Waals surface area (Å²) in [7, 11) is 1.43. The number of rotatable bonds is 6. The number of esters is 1. The number of carbonyl (C=O) groups excluding carboxylic acids is 2. The van der Waals surface area contributed by atoms with Gasteiger partial charge in [-0.1, -0.05) is 20.8 Å². The Kier molecular flexibility index (Phi) is 7.15. The van der Waals surface area contributed by atoms with Crippen molar-refractivity contribution >= 4 is 11.9 Å². The molecule has 1 aliphatic heterocycles. The highest BCUT2D eigenvalue weighted by Gasteiger charge is 2.31. The second-order valence-corrected chi connectivity index (χ2v) is 6.45. The van der Waals surface area contributed by atoms with E-state index in [0.717, 1.165) is 25.9 Å². The minimum atomic E-state index is -0.167. The van der Waals surface area contributed by atoms with E-state index in [4.69, 9.17) is 4.74 Å². The lowest BCUT2D eigenvalue weighted by Crippen LogP contribution is -2.54. The first-order valence-electron chi connectivity index (χ1n) is 7.98. The Balaban J connectivity index is 2.69. The van der Waals surface area contributed by atoms with Crippen molar-refractivity contribution in [2.24, 2.45) is 11.8 Å². The molecule has 5 heteroatoms. The molecule has 3 atom stereocenters. The highest BCUT2D eigenvalue weighted by molar-refractivity contribution is 5.78. The average molecular weight is 298 g/mol. The molecular weight excluding hydrogens is 268 g/mol. The zero-order valence-electron chi connectivity index (χ0n) is 14.0. The standard InChI is InChI=1S/C16H30N2O3/c1-6-12(4)18-9-13(8-15(19)21-5)7-14(10-18)17-16(20)11(2)3/h11-14H,6-10H2,1-5H3,(H,17,20). The molecular formula is C16H30N2O3. The first-order chi connectivity index (χ1) is 9.87. The topological polar surface area (TPSA) is 58.6 Å². The second kappa shape index (κ2) is 8.37. The van der Waals surface area contributed by atoms with E-state index in [1.54, 1.807) is 0 Å². The van der Waals surface area contributed by atoms with Crippen LogP contribution in [0.15, 0.2) is 0 Å². The summed E-state index contributed by atoms with van der Waals surface area (Å²) in [6, 6.07) is 0.584. The molecule has 0 bridgehead atoms. The summed E-state index contributed by atoms with van der Waals surface area (Å²) < 4.78 is 4.78. The van der Waals surface area contributed by atoms with Gasteiger partial charge in [0, 0.05) is 37.5 Å². The van der Waals surface area contributed by atoms with Gasteiger partial charge in [0.05, 0.1) is 7.11 Å². The van der Waals surface area contributed by atoms with Crippen LogP contribution in [0.3, 0.4) is 0 Å². The van der Waals surface area contributed by atoms with Gasteiger partial charge in [0.2, 0.25) is 5.91 Å². The molecule has 0 aromatic carbocycles. The second-order valence-electron chi connectivity index (χ2n) is 6.45. The molecule has 1 rings (SSSR count). The fourth-order valence-electron chi connectivity index (χ4n) is 2.80. The Labute approximate surface area is 128 Å². The van der Waals surface area contributed by atoms with Crippen LogP contribution in [0.25, 0.3) is 0 Å². The highest BCUT2D eigenvalue weighted by atomic mass is 16.5. The number of nitrogens with zero attached hydrogens (tertiary/aromatic N) is 1. The number of ether oxygens (including phenoxy) is 1. The molecule has 0 aromatic heterocycles. The number of nitrogens with one attached hydrogen (secondary N) is 1.